The first kappa shape index (κ1) is 83.9. The number of hydrogen-bond donors (Lipinski definition) is 22. The molecule has 0 spiro atoms. The van der Waals surface area contributed by atoms with Crippen LogP contribution >= 0.6 is 0 Å². The lowest BCUT2D eigenvalue weighted by Crippen LogP contribution is -2.69. The van der Waals surface area contributed by atoms with Crippen molar-refractivity contribution in [1.29, 1.82) is 0 Å². The third-order valence-electron chi connectivity index (χ3n) is 26.4. The first-order valence-corrected chi connectivity index (χ1v) is 37.6. The van der Waals surface area contributed by atoms with Crippen LogP contribution in [0.3, 0.4) is 0 Å². The Balaban J connectivity index is 0.759. The van der Waals surface area contributed by atoms with Gasteiger partial charge in [0.2, 0.25) is 0 Å². The number of aliphatic hydroxyl groups excluding tert-OH is 21. The Labute approximate surface area is 612 Å². The van der Waals surface area contributed by atoms with E-state index in [9.17, 15) is 112 Å². The summed E-state index contributed by atoms with van der Waals surface area (Å²) >= 11 is 0. The van der Waals surface area contributed by atoms with Crippen molar-refractivity contribution in [2.75, 3.05) is 39.6 Å². The van der Waals surface area contributed by atoms with Crippen molar-refractivity contribution in [2.45, 2.75) is 339 Å². The second-order valence-corrected chi connectivity index (χ2v) is 32.7. The molecule has 0 radical (unpaired) electrons. The van der Waals surface area contributed by atoms with Crippen LogP contribution in [-0.2, 0) is 71.1 Å². The minimum atomic E-state index is -2.28. The highest BCUT2D eigenvalue weighted by molar-refractivity contribution is 5.15. The first-order valence-electron chi connectivity index (χ1n) is 37.6. The molecule has 37 heteroatoms. The van der Waals surface area contributed by atoms with Gasteiger partial charge in [-0.05, 0) is 118 Å². The van der Waals surface area contributed by atoms with Crippen LogP contribution in [0.5, 0.6) is 0 Å². The van der Waals surface area contributed by atoms with Crippen molar-refractivity contribution in [2.24, 2.45) is 52.3 Å². The summed E-state index contributed by atoms with van der Waals surface area (Å²) < 4.78 is 91.6. The van der Waals surface area contributed by atoms with Crippen LogP contribution in [0.1, 0.15) is 106 Å². The maximum atomic E-state index is 12.8. The fraction of sp³-hybridized carbons (Fsp3) is 1.00. The third-order valence-corrected chi connectivity index (χ3v) is 26.4. The molecule has 12 aliphatic rings. The van der Waals surface area contributed by atoms with E-state index in [1.165, 1.54) is 13.8 Å². The molecule has 8 aliphatic heterocycles. The molecule has 47 unspecified atom stereocenters. The molecular weight excluding hydrogens is 1420 g/mol. The van der Waals surface area contributed by atoms with Gasteiger partial charge in [-0.25, -0.2) is 0 Å². The minimum absolute atomic E-state index is 0.0676. The van der Waals surface area contributed by atoms with Gasteiger partial charge in [0, 0.05) is 12.3 Å². The first-order chi connectivity index (χ1) is 50.2. The van der Waals surface area contributed by atoms with E-state index in [0.717, 1.165) is 32.1 Å². The Bertz CT molecular complexity index is 2810. The van der Waals surface area contributed by atoms with E-state index >= 15 is 0 Å². The van der Waals surface area contributed by atoms with E-state index < -0.39 is 260 Å². The molecule has 37 nitrogen and oxygen atoms in total. The van der Waals surface area contributed by atoms with Crippen molar-refractivity contribution in [3.05, 3.63) is 0 Å². The molecule has 0 aromatic carbocycles. The molecule has 106 heavy (non-hydrogen) atoms. The Morgan fingerprint density at radius 1 is 0.387 bits per heavy atom. The van der Waals surface area contributed by atoms with E-state index in [2.05, 4.69) is 20.8 Å². The van der Waals surface area contributed by atoms with Crippen LogP contribution in [0, 0.1) is 52.3 Å². The normalized spacial score (nSPS) is 55.9. The largest absolute Gasteiger partial charge is 0.394 e. The predicted octanol–water partition coefficient (Wildman–Crippen LogP) is -8.43. The average Bonchev–Trinajstić information content (AvgIpc) is 1.51. The summed E-state index contributed by atoms with van der Waals surface area (Å²) in [6.07, 6.45) is -56.4. The summed E-state index contributed by atoms with van der Waals surface area (Å²) in [7, 11) is 0. The van der Waals surface area contributed by atoms with Gasteiger partial charge in [0.15, 0.2) is 49.8 Å². The molecule has 0 amide bonds. The zero-order chi connectivity index (χ0) is 76.8. The summed E-state index contributed by atoms with van der Waals surface area (Å²) in [5.41, 5.74) is -0.336. The van der Waals surface area contributed by atoms with Crippen LogP contribution in [0.25, 0.3) is 0 Å². The standard InChI is InChI=1S/C69H116O37/c1-23(22-92-60-48(84)45(81)41(77)33(17-70)96-60)9-14-69(91)24(2)38-32(106-69)16-31-29-8-7-27-15-28(10-12-67(27,5)30(29)11-13-68(31,38)6)95-66-59(53(89)56(36(20-73)100-66)102-61-49(85)43(79)39(75)25(3)93-61)105-65-54(90)58(57(37(21-74)99-65)103-62-50(86)44(80)40(76)26(4)94-62)104-64-52(88)47(83)55(35(19-72)98-64)101-63-51(87)46(82)42(78)34(18-71)97-63/h23-66,70-91H,7-22H2,1-6H3. The minimum Gasteiger partial charge on any atom is -0.394 e. The maximum Gasteiger partial charge on any atom is 0.187 e. The second kappa shape index (κ2) is 33.8. The smallest absolute Gasteiger partial charge is 0.187 e. The van der Waals surface area contributed by atoms with Gasteiger partial charge in [0.05, 0.1) is 64.1 Å². The molecule has 0 bridgehead atoms. The highest BCUT2D eigenvalue weighted by atomic mass is 16.8. The second-order valence-electron chi connectivity index (χ2n) is 32.7. The summed E-state index contributed by atoms with van der Waals surface area (Å²) in [6, 6.07) is 0. The molecule has 22 N–H and O–H groups in total. The van der Waals surface area contributed by atoms with Crippen LogP contribution in [-0.4, -0.2) is 385 Å². The Morgan fingerprint density at radius 3 is 1.38 bits per heavy atom. The third kappa shape index (κ3) is 15.7. The quantitative estimate of drug-likeness (QED) is 0.0423. The maximum absolute atomic E-state index is 12.8. The number of ether oxygens (including phenoxy) is 15. The van der Waals surface area contributed by atoms with Gasteiger partial charge < -0.3 is 183 Å². The molecule has 0 aromatic rings. The van der Waals surface area contributed by atoms with Gasteiger partial charge in [-0.3, -0.25) is 0 Å². The molecule has 8 saturated heterocycles. The zero-order valence-corrected chi connectivity index (χ0v) is 60.2. The van der Waals surface area contributed by atoms with E-state index in [1.807, 2.05) is 6.92 Å². The fourth-order valence-corrected chi connectivity index (χ4v) is 20.0. The number of hydrogen-bond acceptors (Lipinski definition) is 37. The lowest BCUT2D eigenvalue weighted by atomic mass is 9.44. The molecular formula is C69H116O37. The van der Waals surface area contributed by atoms with Crippen molar-refractivity contribution >= 4 is 0 Å². The van der Waals surface area contributed by atoms with Gasteiger partial charge >= 0.3 is 0 Å². The molecule has 47 atom stereocenters. The number of rotatable bonds is 23. The van der Waals surface area contributed by atoms with Gasteiger partial charge in [0.25, 0.3) is 0 Å². The van der Waals surface area contributed by atoms with Crippen LogP contribution in [0.15, 0.2) is 0 Å². The van der Waals surface area contributed by atoms with Crippen LogP contribution in [0.2, 0.25) is 0 Å². The topological polar surface area (TPSA) is 584 Å². The SMILES string of the molecule is CC(CCC1(O)OC2CC3C4CCC5CC(OC6OC(CO)C(OC7OC(C)C(O)C(O)C7O)C(O)C6OC6OC(CO)C(OC7OC(C)C(O)C(O)C7O)C(OC7OC(CO)C(OC8OC(CO)C(O)C(O)C8O)C(O)C7O)C6O)CCC5(C)C4CCC3(C)C2C1C)COC1OC(CO)C(O)C(O)C1O. The highest BCUT2D eigenvalue weighted by Crippen LogP contribution is 2.71. The number of fused-ring (bicyclic) bond motifs is 7. The Kier molecular flexibility index (Phi) is 26.7. The van der Waals surface area contributed by atoms with Crippen LogP contribution in [0.4, 0.5) is 0 Å². The van der Waals surface area contributed by atoms with E-state index in [1.54, 1.807) is 0 Å². The molecule has 4 aliphatic carbocycles. The Morgan fingerprint density at radius 2 is 0.821 bits per heavy atom. The molecule has 12 rings (SSSR count). The summed E-state index contributed by atoms with van der Waals surface area (Å²) in [4.78, 5) is 0. The summed E-state index contributed by atoms with van der Waals surface area (Å²) in [5.74, 6) is -0.691. The van der Waals surface area contributed by atoms with Gasteiger partial charge in [-0.15, -0.1) is 0 Å². The summed E-state index contributed by atoms with van der Waals surface area (Å²) in [5, 5.41) is 242. The van der Waals surface area contributed by atoms with E-state index in [-0.39, 0.29) is 47.2 Å². The monoisotopic (exact) mass is 1540 g/mol. The molecule has 8 heterocycles. The molecule has 0 aromatic heterocycles. The van der Waals surface area contributed by atoms with Crippen molar-refractivity contribution in [1.82, 2.24) is 0 Å². The van der Waals surface area contributed by atoms with Gasteiger partial charge in [0.1, 0.15) is 159 Å². The van der Waals surface area contributed by atoms with Crippen molar-refractivity contribution in [3.8, 4) is 0 Å². The molecule has 4 saturated carbocycles. The fourth-order valence-electron chi connectivity index (χ4n) is 20.0. The molecule has 12 fully saturated rings. The zero-order valence-electron chi connectivity index (χ0n) is 60.2. The average molecular weight is 1540 g/mol. The van der Waals surface area contributed by atoms with E-state index in [4.69, 9.17) is 71.1 Å². The van der Waals surface area contributed by atoms with E-state index in [0.29, 0.717) is 49.9 Å². The Hall–Kier alpha value is -1.48. The molecule has 614 valence electrons. The van der Waals surface area contributed by atoms with Crippen LogP contribution < -0.4 is 0 Å². The highest BCUT2D eigenvalue weighted by Gasteiger charge is 2.69. The van der Waals surface area contributed by atoms with Gasteiger partial charge in [-0.2, -0.15) is 0 Å². The summed E-state index contributed by atoms with van der Waals surface area (Å²) in [6.45, 7) is 7.07. The lowest BCUT2D eigenvalue weighted by Gasteiger charge is -2.61. The predicted molar refractivity (Wildman–Crippen MR) is 347 cm³/mol. The lowest BCUT2D eigenvalue weighted by molar-refractivity contribution is -0.412. The van der Waals surface area contributed by atoms with Gasteiger partial charge in [-0.1, -0.05) is 27.7 Å². The number of aliphatic hydroxyl groups is 22. The van der Waals surface area contributed by atoms with Crippen molar-refractivity contribution in [3.63, 3.8) is 0 Å². The van der Waals surface area contributed by atoms with Crippen molar-refractivity contribution < 1.29 is 183 Å².